The maximum absolute atomic E-state index is 10.6. The number of aryl methyl sites for hydroxylation is 1. The number of carbonyl (C=O) groups is 1. The number of aromatic nitrogens is 1. The summed E-state index contributed by atoms with van der Waals surface area (Å²) in [5, 5.41) is 19.5. The van der Waals surface area contributed by atoms with Gasteiger partial charge >= 0.3 is 5.97 Å². The van der Waals surface area contributed by atoms with Crippen molar-refractivity contribution in [3.05, 3.63) is 36.0 Å². The van der Waals surface area contributed by atoms with Crippen LogP contribution in [0.2, 0.25) is 0 Å². The standard InChI is InChI=1S/C12H13NO3/c1-13-6-5-8-3-2-4-9(12(8)13)10(14)7-11(15)16/h2-6,10,14H,7H2,1H3,(H,15,16). The van der Waals surface area contributed by atoms with E-state index < -0.39 is 12.1 Å². The first-order valence-corrected chi connectivity index (χ1v) is 5.03. The van der Waals surface area contributed by atoms with Gasteiger partial charge in [-0.3, -0.25) is 4.79 Å². The Kier molecular flexibility index (Phi) is 2.66. The van der Waals surface area contributed by atoms with Crippen LogP contribution in [0.25, 0.3) is 10.9 Å². The number of fused-ring (bicyclic) bond motifs is 1. The Bertz CT molecular complexity index is 530. The molecule has 0 fully saturated rings. The molecule has 0 aliphatic heterocycles. The lowest BCUT2D eigenvalue weighted by molar-refractivity contribution is -0.139. The highest BCUT2D eigenvalue weighted by Crippen LogP contribution is 2.26. The molecular formula is C12H13NO3. The molecule has 4 heteroatoms. The van der Waals surface area contributed by atoms with E-state index in [1.807, 2.05) is 36.0 Å². The first-order valence-electron chi connectivity index (χ1n) is 5.03. The van der Waals surface area contributed by atoms with Crippen molar-refractivity contribution in [3.63, 3.8) is 0 Å². The summed E-state index contributed by atoms with van der Waals surface area (Å²) in [6.07, 6.45) is 0.654. The van der Waals surface area contributed by atoms with E-state index in [-0.39, 0.29) is 6.42 Å². The number of nitrogens with zero attached hydrogens (tertiary/aromatic N) is 1. The zero-order valence-corrected chi connectivity index (χ0v) is 8.92. The monoisotopic (exact) mass is 219 g/mol. The van der Waals surface area contributed by atoms with Crippen LogP contribution in [0.15, 0.2) is 30.5 Å². The number of aliphatic hydroxyl groups excluding tert-OH is 1. The summed E-state index contributed by atoms with van der Waals surface area (Å²) in [5.41, 5.74) is 1.55. The van der Waals surface area contributed by atoms with Crippen molar-refractivity contribution in [1.82, 2.24) is 4.57 Å². The summed E-state index contributed by atoms with van der Waals surface area (Å²) >= 11 is 0. The fraction of sp³-hybridized carbons (Fsp3) is 0.250. The average molecular weight is 219 g/mol. The molecule has 0 amide bonds. The van der Waals surface area contributed by atoms with Crippen LogP contribution >= 0.6 is 0 Å². The van der Waals surface area contributed by atoms with Crippen LogP contribution in [0.3, 0.4) is 0 Å². The molecule has 1 aromatic heterocycles. The van der Waals surface area contributed by atoms with Gasteiger partial charge in [-0.15, -0.1) is 0 Å². The molecule has 1 atom stereocenters. The number of aliphatic hydroxyl groups is 1. The molecule has 1 heterocycles. The van der Waals surface area contributed by atoms with E-state index in [9.17, 15) is 9.90 Å². The van der Waals surface area contributed by atoms with Crippen LogP contribution < -0.4 is 0 Å². The topological polar surface area (TPSA) is 62.5 Å². The second-order valence-corrected chi connectivity index (χ2v) is 3.83. The van der Waals surface area contributed by atoms with Gasteiger partial charge in [0, 0.05) is 18.8 Å². The molecule has 0 spiro atoms. The van der Waals surface area contributed by atoms with Crippen LogP contribution in [0.1, 0.15) is 18.1 Å². The summed E-state index contributed by atoms with van der Waals surface area (Å²) in [6.45, 7) is 0. The molecule has 2 aromatic rings. The van der Waals surface area contributed by atoms with Crippen molar-refractivity contribution in [3.8, 4) is 0 Å². The van der Waals surface area contributed by atoms with Gasteiger partial charge in [0.1, 0.15) is 0 Å². The van der Waals surface area contributed by atoms with Crippen LogP contribution in [0.5, 0.6) is 0 Å². The van der Waals surface area contributed by atoms with Gasteiger partial charge in [0.05, 0.1) is 18.0 Å². The van der Waals surface area contributed by atoms with Crippen molar-refractivity contribution in [2.45, 2.75) is 12.5 Å². The summed E-state index contributed by atoms with van der Waals surface area (Å²) < 4.78 is 1.88. The van der Waals surface area contributed by atoms with Gasteiger partial charge in [-0.25, -0.2) is 0 Å². The summed E-state index contributed by atoms with van der Waals surface area (Å²) in [5.74, 6) is -1.00. The molecule has 0 aliphatic rings. The van der Waals surface area contributed by atoms with E-state index in [1.54, 1.807) is 6.07 Å². The van der Waals surface area contributed by atoms with E-state index in [4.69, 9.17) is 5.11 Å². The third kappa shape index (κ3) is 1.79. The zero-order chi connectivity index (χ0) is 11.7. The number of para-hydroxylation sites is 1. The molecule has 2 N–H and O–H groups in total. The smallest absolute Gasteiger partial charge is 0.306 e. The van der Waals surface area contributed by atoms with Crippen molar-refractivity contribution in [2.24, 2.45) is 7.05 Å². The highest BCUT2D eigenvalue weighted by molar-refractivity contribution is 5.84. The van der Waals surface area contributed by atoms with E-state index in [1.165, 1.54) is 0 Å². The molecule has 0 saturated carbocycles. The Morgan fingerprint density at radius 2 is 2.19 bits per heavy atom. The molecule has 0 saturated heterocycles. The fourth-order valence-corrected chi connectivity index (χ4v) is 1.93. The molecule has 0 aliphatic carbocycles. The lowest BCUT2D eigenvalue weighted by Gasteiger charge is -2.11. The van der Waals surface area contributed by atoms with E-state index in [2.05, 4.69) is 0 Å². The highest BCUT2D eigenvalue weighted by Gasteiger charge is 2.16. The molecule has 1 aromatic carbocycles. The third-order valence-electron chi connectivity index (χ3n) is 2.66. The maximum Gasteiger partial charge on any atom is 0.306 e. The number of rotatable bonds is 3. The van der Waals surface area contributed by atoms with Gasteiger partial charge in [-0.1, -0.05) is 18.2 Å². The lowest BCUT2D eigenvalue weighted by atomic mass is 10.0. The normalized spacial score (nSPS) is 12.9. The van der Waals surface area contributed by atoms with Crippen LogP contribution in [-0.4, -0.2) is 20.7 Å². The van der Waals surface area contributed by atoms with Crippen molar-refractivity contribution < 1.29 is 15.0 Å². The van der Waals surface area contributed by atoms with Crippen molar-refractivity contribution >= 4 is 16.9 Å². The first kappa shape index (κ1) is 10.7. The minimum absolute atomic E-state index is 0.274. The molecular weight excluding hydrogens is 206 g/mol. The molecule has 0 bridgehead atoms. The predicted molar refractivity (Wildman–Crippen MR) is 60.1 cm³/mol. The molecule has 84 valence electrons. The number of hydrogen-bond acceptors (Lipinski definition) is 2. The lowest BCUT2D eigenvalue weighted by Crippen LogP contribution is -2.06. The summed E-state index contributed by atoms with van der Waals surface area (Å²) in [6, 6.07) is 7.46. The molecule has 16 heavy (non-hydrogen) atoms. The van der Waals surface area contributed by atoms with Crippen LogP contribution in [-0.2, 0) is 11.8 Å². The SMILES string of the molecule is Cn1ccc2cccc(C(O)CC(=O)O)c21. The van der Waals surface area contributed by atoms with Gasteiger partial charge in [0.15, 0.2) is 0 Å². The fourth-order valence-electron chi connectivity index (χ4n) is 1.93. The second-order valence-electron chi connectivity index (χ2n) is 3.83. The van der Waals surface area contributed by atoms with Crippen molar-refractivity contribution in [1.29, 1.82) is 0 Å². The Hall–Kier alpha value is -1.81. The van der Waals surface area contributed by atoms with Gasteiger partial charge in [-0.2, -0.15) is 0 Å². The second kappa shape index (κ2) is 3.98. The van der Waals surface area contributed by atoms with E-state index in [0.717, 1.165) is 10.9 Å². The van der Waals surface area contributed by atoms with Crippen molar-refractivity contribution in [2.75, 3.05) is 0 Å². The maximum atomic E-state index is 10.6. The number of carboxylic acids is 1. The first-order chi connectivity index (χ1) is 7.59. The molecule has 2 rings (SSSR count). The summed E-state index contributed by atoms with van der Waals surface area (Å²) in [4.78, 5) is 10.6. The quantitative estimate of drug-likeness (QED) is 0.825. The van der Waals surface area contributed by atoms with E-state index >= 15 is 0 Å². The van der Waals surface area contributed by atoms with E-state index in [0.29, 0.717) is 5.56 Å². The number of hydrogen-bond donors (Lipinski definition) is 2. The summed E-state index contributed by atoms with van der Waals surface area (Å²) in [7, 11) is 1.87. The average Bonchev–Trinajstić information content (AvgIpc) is 2.59. The minimum atomic E-state index is -1.00. The highest BCUT2D eigenvalue weighted by atomic mass is 16.4. The number of aliphatic carboxylic acids is 1. The van der Waals surface area contributed by atoms with Crippen LogP contribution in [0, 0.1) is 0 Å². The van der Waals surface area contributed by atoms with Gasteiger partial charge in [0.2, 0.25) is 0 Å². The molecule has 4 nitrogen and oxygen atoms in total. The van der Waals surface area contributed by atoms with Gasteiger partial charge in [0.25, 0.3) is 0 Å². The zero-order valence-electron chi connectivity index (χ0n) is 8.92. The largest absolute Gasteiger partial charge is 0.481 e. The Labute approximate surface area is 92.7 Å². The Balaban J connectivity index is 2.50. The van der Waals surface area contributed by atoms with Crippen LogP contribution in [0.4, 0.5) is 0 Å². The minimum Gasteiger partial charge on any atom is -0.481 e. The number of benzene rings is 1. The predicted octanol–water partition coefficient (Wildman–Crippen LogP) is 1.69. The Morgan fingerprint density at radius 3 is 2.88 bits per heavy atom. The van der Waals surface area contributed by atoms with Gasteiger partial charge < -0.3 is 14.8 Å². The Morgan fingerprint density at radius 1 is 1.44 bits per heavy atom. The number of carboxylic acid groups (broad SMARTS) is 1. The van der Waals surface area contributed by atoms with Gasteiger partial charge in [-0.05, 0) is 11.5 Å². The molecule has 0 radical (unpaired) electrons. The molecule has 1 unspecified atom stereocenters. The third-order valence-corrected chi connectivity index (χ3v) is 2.66.